The normalized spacial score (nSPS) is 18.8. The number of H-pyrrole nitrogens is 1. The Hall–Kier alpha value is -3.09. The second kappa shape index (κ2) is 9.18. The van der Waals surface area contributed by atoms with Crippen molar-refractivity contribution in [3.05, 3.63) is 42.2 Å². The van der Waals surface area contributed by atoms with Crippen molar-refractivity contribution in [3.63, 3.8) is 0 Å². The second-order valence-corrected chi connectivity index (χ2v) is 9.04. The Morgan fingerprint density at radius 2 is 1.97 bits per heavy atom. The first-order valence-electron chi connectivity index (χ1n) is 11.6. The van der Waals surface area contributed by atoms with Crippen molar-refractivity contribution >= 4 is 28.6 Å². The Labute approximate surface area is 188 Å². The number of aromatic amines is 1. The van der Waals surface area contributed by atoms with Gasteiger partial charge in [-0.25, -0.2) is 9.48 Å². The van der Waals surface area contributed by atoms with Gasteiger partial charge in [-0.3, -0.25) is 9.69 Å². The molecule has 0 saturated heterocycles. The number of rotatable bonds is 6. The molecule has 1 aliphatic rings. The van der Waals surface area contributed by atoms with E-state index in [0.29, 0.717) is 17.3 Å². The van der Waals surface area contributed by atoms with Crippen molar-refractivity contribution in [3.8, 4) is 5.69 Å². The first-order chi connectivity index (χ1) is 15.4. The Balaban J connectivity index is 1.75. The number of nitrogens with zero attached hydrogens (tertiary/aromatic N) is 3. The van der Waals surface area contributed by atoms with Gasteiger partial charge in [0.2, 0.25) is 5.91 Å². The zero-order valence-corrected chi connectivity index (χ0v) is 19.3. The molecule has 0 atom stereocenters. The fraction of sp³-hybridized carbons (Fsp3) is 0.480. The number of fused-ring (bicyclic) bond motifs is 1. The van der Waals surface area contributed by atoms with Gasteiger partial charge in [0.1, 0.15) is 5.56 Å². The molecular formula is C25H32N4O3. The van der Waals surface area contributed by atoms with Crippen LogP contribution in [0.3, 0.4) is 0 Å². The number of hydrogen-bond donors (Lipinski definition) is 1. The number of aromatic nitrogens is 3. The fourth-order valence-electron chi connectivity index (χ4n) is 4.52. The van der Waals surface area contributed by atoms with Crippen LogP contribution in [0.2, 0.25) is 0 Å². The third-order valence-corrected chi connectivity index (χ3v) is 6.34. The molecule has 2 heterocycles. The second-order valence-electron chi connectivity index (χ2n) is 9.04. The minimum absolute atomic E-state index is 0.0370. The molecule has 1 amide bonds. The number of esters is 1. The molecule has 1 N–H and O–H groups in total. The van der Waals surface area contributed by atoms with Crippen LogP contribution >= 0.6 is 0 Å². The molecule has 170 valence electrons. The first-order valence-corrected chi connectivity index (χ1v) is 11.6. The molecule has 1 aromatic carbocycles. The van der Waals surface area contributed by atoms with Crippen LogP contribution in [0, 0.1) is 11.8 Å². The average Bonchev–Trinajstić information content (AvgIpc) is 3.41. The highest BCUT2D eigenvalue weighted by Gasteiger charge is 2.34. The van der Waals surface area contributed by atoms with Gasteiger partial charge >= 0.3 is 5.97 Å². The summed E-state index contributed by atoms with van der Waals surface area (Å²) in [5.41, 5.74) is 2.15. The van der Waals surface area contributed by atoms with Crippen molar-refractivity contribution in [1.82, 2.24) is 14.8 Å². The van der Waals surface area contributed by atoms with E-state index in [9.17, 15) is 9.59 Å². The number of ether oxygens (including phenoxy) is 1. The number of hydrogen-bond acceptors (Lipinski definition) is 4. The van der Waals surface area contributed by atoms with Crippen molar-refractivity contribution in [2.45, 2.75) is 59.4 Å². The quantitative estimate of drug-likeness (QED) is 0.545. The lowest BCUT2D eigenvalue weighted by Crippen LogP contribution is -2.43. The summed E-state index contributed by atoms with van der Waals surface area (Å²) in [6.07, 6.45) is 7.42. The Morgan fingerprint density at radius 3 is 2.66 bits per heavy atom. The Bertz CT molecular complexity index is 1110. The van der Waals surface area contributed by atoms with E-state index in [2.05, 4.69) is 11.9 Å². The minimum Gasteiger partial charge on any atom is -0.462 e. The zero-order chi connectivity index (χ0) is 22.8. The molecule has 2 aromatic heterocycles. The monoisotopic (exact) mass is 436 g/mol. The van der Waals surface area contributed by atoms with Crippen molar-refractivity contribution in [2.75, 3.05) is 11.5 Å². The number of anilines is 1. The number of amides is 1. The molecule has 3 aromatic rings. The van der Waals surface area contributed by atoms with Crippen molar-refractivity contribution in [1.29, 1.82) is 0 Å². The van der Waals surface area contributed by atoms with E-state index in [1.165, 1.54) is 0 Å². The van der Waals surface area contributed by atoms with Crippen LogP contribution in [0.5, 0.6) is 0 Å². The molecule has 1 fully saturated rings. The smallest absolute Gasteiger partial charge is 0.343 e. The summed E-state index contributed by atoms with van der Waals surface area (Å²) >= 11 is 0. The van der Waals surface area contributed by atoms with Gasteiger partial charge in [0, 0.05) is 35.3 Å². The summed E-state index contributed by atoms with van der Waals surface area (Å²) in [4.78, 5) is 31.3. The van der Waals surface area contributed by atoms with Gasteiger partial charge in [0.15, 0.2) is 5.82 Å². The van der Waals surface area contributed by atoms with E-state index < -0.39 is 5.97 Å². The van der Waals surface area contributed by atoms with E-state index in [0.717, 1.165) is 42.3 Å². The van der Waals surface area contributed by atoms with E-state index in [1.807, 2.05) is 44.3 Å². The molecule has 0 unspecified atom stereocenters. The lowest BCUT2D eigenvalue weighted by atomic mass is 9.82. The van der Waals surface area contributed by atoms with Gasteiger partial charge < -0.3 is 9.72 Å². The van der Waals surface area contributed by atoms with Crippen molar-refractivity contribution < 1.29 is 14.3 Å². The van der Waals surface area contributed by atoms with Gasteiger partial charge in [0.05, 0.1) is 12.3 Å². The largest absolute Gasteiger partial charge is 0.462 e. The predicted molar refractivity (Wildman–Crippen MR) is 125 cm³/mol. The number of nitrogens with one attached hydrogen (secondary N) is 1. The summed E-state index contributed by atoms with van der Waals surface area (Å²) in [7, 11) is 0. The molecule has 32 heavy (non-hydrogen) atoms. The van der Waals surface area contributed by atoms with Crippen LogP contribution in [-0.4, -0.2) is 39.3 Å². The lowest BCUT2D eigenvalue weighted by Gasteiger charge is -2.32. The van der Waals surface area contributed by atoms with Gasteiger partial charge in [-0.2, -0.15) is 0 Å². The summed E-state index contributed by atoms with van der Waals surface area (Å²) in [6.45, 7) is 8.19. The topological polar surface area (TPSA) is 80.2 Å². The Morgan fingerprint density at radius 1 is 1.22 bits per heavy atom. The SMILES string of the molecule is CCOC(=O)c1cn(-c2ccc3[nH]ccc3c2)nc1N(C(=O)C1CCC(C)CC1)C(C)C. The van der Waals surface area contributed by atoms with E-state index in [-0.39, 0.29) is 24.5 Å². The van der Waals surface area contributed by atoms with Crippen LogP contribution in [0.25, 0.3) is 16.6 Å². The summed E-state index contributed by atoms with van der Waals surface area (Å²) in [5.74, 6) is 0.571. The number of benzene rings is 1. The maximum Gasteiger partial charge on any atom is 0.343 e. The van der Waals surface area contributed by atoms with Gasteiger partial charge in [-0.15, -0.1) is 5.10 Å². The minimum atomic E-state index is -0.466. The zero-order valence-electron chi connectivity index (χ0n) is 19.3. The standard InChI is InChI=1S/C25H32N4O3/c1-5-32-25(31)21-15-28(20-10-11-22-19(14-20)12-13-26-22)27-23(21)29(16(2)3)24(30)18-8-6-17(4)7-9-18/h10-18,26H,5-9H2,1-4H3. The molecule has 0 aliphatic heterocycles. The van der Waals surface area contributed by atoms with Crippen molar-refractivity contribution in [2.24, 2.45) is 11.8 Å². The molecule has 7 heteroatoms. The van der Waals surface area contributed by atoms with E-state index >= 15 is 0 Å². The number of carbonyl (C=O) groups excluding carboxylic acids is 2. The first kappa shape index (κ1) is 22.1. The molecule has 1 aliphatic carbocycles. The van der Waals surface area contributed by atoms with Gasteiger partial charge in [-0.1, -0.05) is 6.92 Å². The molecule has 4 rings (SSSR count). The maximum absolute atomic E-state index is 13.6. The molecule has 0 radical (unpaired) electrons. The summed E-state index contributed by atoms with van der Waals surface area (Å²) < 4.78 is 6.98. The average molecular weight is 437 g/mol. The molecule has 1 saturated carbocycles. The highest BCUT2D eigenvalue weighted by molar-refractivity contribution is 6.02. The molecule has 0 bridgehead atoms. The summed E-state index contributed by atoms with van der Waals surface area (Å²) in [6, 6.07) is 7.77. The van der Waals surface area contributed by atoms with Crippen LogP contribution in [-0.2, 0) is 9.53 Å². The van der Waals surface area contributed by atoms with Crippen LogP contribution in [0.1, 0.15) is 63.7 Å². The van der Waals surface area contributed by atoms with Gasteiger partial charge in [0.25, 0.3) is 0 Å². The van der Waals surface area contributed by atoms with Gasteiger partial charge in [-0.05, 0) is 76.6 Å². The van der Waals surface area contributed by atoms with Crippen LogP contribution in [0.4, 0.5) is 5.82 Å². The van der Waals surface area contributed by atoms with Crippen LogP contribution < -0.4 is 4.90 Å². The van der Waals surface area contributed by atoms with E-state index in [1.54, 1.807) is 22.7 Å². The highest BCUT2D eigenvalue weighted by Crippen LogP contribution is 2.33. The lowest BCUT2D eigenvalue weighted by molar-refractivity contribution is -0.123. The molecule has 0 spiro atoms. The summed E-state index contributed by atoms with van der Waals surface area (Å²) in [5, 5.41) is 5.78. The Kier molecular flexibility index (Phi) is 6.35. The van der Waals surface area contributed by atoms with Crippen LogP contribution in [0.15, 0.2) is 36.7 Å². The fourth-order valence-corrected chi connectivity index (χ4v) is 4.52. The highest BCUT2D eigenvalue weighted by atomic mass is 16.5. The number of carbonyl (C=O) groups is 2. The third-order valence-electron chi connectivity index (χ3n) is 6.34. The molecule has 7 nitrogen and oxygen atoms in total. The predicted octanol–water partition coefficient (Wildman–Crippen LogP) is 5.10. The molecular weight excluding hydrogens is 404 g/mol. The van der Waals surface area contributed by atoms with E-state index in [4.69, 9.17) is 9.84 Å². The third kappa shape index (κ3) is 4.29. The maximum atomic E-state index is 13.6.